The first-order valence-corrected chi connectivity index (χ1v) is 8.43. The lowest BCUT2D eigenvalue weighted by atomic mass is 10.1. The summed E-state index contributed by atoms with van der Waals surface area (Å²) in [7, 11) is 1.77. The number of ketones is 1. The molecule has 0 heterocycles. The number of benzene rings is 2. The molecule has 0 aliphatic heterocycles. The summed E-state index contributed by atoms with van der Waals surface area (Å²) in [5.41, 5.74) is 2.51. The van der Waals surface area contributed by atoms with Crippen molar-refractivity contribution in [1.29, 1.82) is 0 Å². The average Bonchev–Trinajstić information content (AvgIpc) is 2.65. The number of hydrogen-bond acceptors (Lipinski definition) is 3. The summed E-state index contributed by atoms with van der Waals surface area (Å²) in [5.74, 6) is -0.272. The van der Waals surface area contributed by atoms with Crippen molar-refractivity contribution in [2.75, 3.05) is 18.9 Å². The van der Waals surface area contributed by atoms with Crippen LogP contribution in [0.1, 0.15) is 29.8 Å². The van der Waals surface area contributed by atoms with E-state index in [9.17, 15) is 9.59 Å². The molecule has 0 atom stereocenters. The van der Waals surface area contributed by atoms with E-state index in [1.165, 1.54) is 6.92 Å². The Balaban J connectivity index is 2.36. The lowest BCUT2D eigenvalue weighted by Crippen LogP contribution is -2.27. The lowest BCUT2D eigenvalue weighted by molar-refractivity contribution is -0.113. The van der Waals surface area contributed by atoms with Gasteiger partial charge in [-0.05, 0) is 43.7 Å². The van der Waals surface area contributed by atoms with E-state index in [0.29, 0.717) is 23.5 Å². The van der Waals surface area contributed by atoms with Gasteiger partial charge in [-0.15, -0.1) is 0 Å². The number of Topliss-reactive ketones (excluding diaryl/α,β-unsaturated/α-hetero) is 1. The van der Waals surface area contributed by atoms with Crippen LogP contribution in [0.15, 0.2) is 65.3 Å². The maximum Gasteiger partial charge on any atom is 0.272 e. The first-order valence-electron chi connectivity index (χ1n) is 8.43. The second-order valence-corrected chi connectivity index (χ2v) is 5.76. The van der Waals surface area contributed by atoms with E-state index in [2.05, 4.69) is 10.3 Å². The number of carbonyl (C=O) groups excluding carboxylic acids is 2. The number of carbonyl (C=O) groups is 2. The van der Waals surface area contributed by atoms with E-state index >= 15 is 0 Å². The number of hydrogen-bond donors (Lipinski definition) is 1. The highest BCUT2D eigenvalue weighted by molar-refractivity contribution is 6.07. The van der Waals surface area contributed by atoms with E-state index in [-0.39, 0.29) is 11.7 Å². The van der Waals surface area contributed by atoms with Crippen molar-refractivity contribution < 1.29 is 9.59 Å². The van der Waals surface area contributed by atoms with E-state index in [1.54, 1.807) is 42.6 Å². The minimum Gasteiger partial charge on any atom is -0.331 e. The van der Waals surface area contributed by atoms with Gasteiger partial charge in [0.25, 0.3) is 5.91 Å². The van der Waals surface area contributed by atoms with Crippen LogP contribution in [0.25, 0.3) is 6.08 Å². The maximum absolute atomic E-state index is 12.8. The Labute approximate surface area is 154 Å². The van der Waals surface area contributed by atoms with Crippen LogP contribution < -0.4 is 5.32 Å². The molecule has 2 aromatic rings. The predicted octanol–water partition coefficient (Wildman–Crippen LogP) is 3.85. The molecule has 0 unspecified atom stereocenters. The monoisotopic (exact) mass is 349 g/mol. The third kappa shape index (κ3) is 5.41. The molecule has 1 amide bonds. The topological polar surface area (TPSA) is 61.8 Å². The largest absolute Gasteiger partial charge is 0.331 e. The van der Waals surface area contributed by atoms with Gasteiger partial charge in [-0.1, -0.05) is 36.4 Å². The number of nitrogens with zero attached hydrogens (tertiary/aromatic N) is 2. The molecule has 0 saturated carbocycles. The van der Waals surface area contributed by atoms with Gasteiger partial charge in [0.1, 0.15) is 5.70 Å². The third-order valence-electron chi connectivity index (χ3n) is 3.68. The fourth-order valence-corrected chi connectivity index (χ4v) is 2.32. The van der Waals surface area contributed by atoms with Crippen LogP contribution in [0.2, 0.25) is 0 Å². The summed E-state index contributed by atoms with van der Waals surface area (Å²) in [6.07, 6.45) is 3.36. The van der Waals surface area contributed by atoms with Gasteiger partial charge in [-0.25, -0.2) is 0 Å². The summed E-state index contributed by atoms with van der Waals surface area (Å²) in [6.45, 7) is 4.07. The smallest absolute Gasteiger partial charge is 0.272 e. The molecule has 0 fully saturated rings. The highest BCUT2D eigenvalue weighted by atomic mass is 16.2. The molecule has 134 valence electrons. The fourth-order valence-electron chi connectivity index (χ4n) is 2.32. The molecule has 2 rings (SSSR count). The lowest BCUT2D eigenvalue weighted by Gasteiger charge is -2.17. The molecule has 1 N–H and O–H groups in total. The first-order chi connectivity index (χ1) is 12.5. The molecule has 2 aromatic carbocycles. The quantitative estimate of drug-likeness (QED) is 0.357. The van der Waals surface area contributed by atoms with E-state index in [0.717, 1.165) is 5.56 Å². The highest BCUT2D eigenvalue weighted by Crippen LogP contribution is 2.15. The van der Waals surface area contributed by atoms with Crippen molar-refractivity contribution in [3.63, 3.8) is 0 Å². The van der Waals surface area contributed by atoms with E-state index in [1.807, 2.05) is 43.3 Å². The van der Waals surface area contributed by atoms with Gasteiger partial charge in [-0.2, -0.15) is 0 Å². The van der Waals surface area contributed by atoms with Gasteiger partial charge in [0.2, 0.25) is 0 Å². The Morgan fingerprint density at radius 3 is 2.50 bits per heavy atom. The van der Waals surface area contributed by atoms with Gasteiger partial charge in [0, 0.05) is 24.8 Å². The Kier molecular flexibility index (Phi) is 6.85. The van der Waals surface area contributed by atoms with Crippen LogP contribution in [0, 0.1) is 0 Å². The molecule has 0 radical (unpaired) electrons. The number of para-hydroxylation sites is 1. The van der Waals surface area contributed by atoms with Crippen molar-refractivity contribution in [2.24, 2.45) is 4.99 Å². The molecular formula is C21H23N3O2. The van der Waals surface area contributed by atoms with Crippen molar-refractivity contribution in [3.8, 4) is 0 Å². The second-order valence-electron chi connectivity index (χ2n) is 5.76. The number of nitrogens with one attached hydrogen (secondary N) is 1. The number of aliphatic imine (C=N–C) groups is 1. The predicted molar refractivity (Wildman–Crippen MR) is 106 cm³/mol. The van der Waals surface area contributed by atoms with Crippen molar-refractivity contribution in [1.82, 2.24) is 4.90 Å². The Morgan fingerprint density at radius 2 is 1.85 bits per heavy atom. The van der Waals surface area contributed by atoms with Gasteiger partial charge >= 0.3 is 0 Å². The molecule has 0 saturated heterocycles. The van der Waals surface area contributed by atoms with Crippen molar-refractivity contribution >= 4 is 29.8 Å². The van der Waals surface area contributed by atoms with Crippen LogP contribution in [-0.4, -0.2) is 36.5 Å². The summed E-state index contributed by atoms with van der Waals surface area (Å²) < 4.78 is 0. The standard InChI is InChI=1S/C21H23N3O2/c1-4-22-15-24(3)20(21(26)23-19-11-6-5-7-12-19)14-17-9-8-10-18(13-17)16(2)25/h5-15H,4H2,1-3H3,(H,23,26)/b20-14-,22-15?. The highest BCUT2D eigenvalue weighted by Gasteiger charge is 2.14. The average molecular weight is 349 g/mol. The zero-order valence-electron chi connectivity index (χ0n) is 15.3. The molecule has 0 aromatic heterocycles. The number of anilines is 1. The molecule has 5 nitrogen and oxygen atoms in total. The normalized spacial score (nSPS) is 11.4. The molecule has 0 aliphatic rings. The van der Waals surface area contributed by atoms with Crippen LogP contribution >= 0.6 is 0 Å². The van der Waals surface area contributed by atoms with Gasteiger partial charge in [0.15, 0.2) is 5.78 Å². The third-order valence-corrected chi connectivity index (χ3v) is 3.68. The summed E-state index contributed by atoms with van der Waals surface area (Å²) >= 11 is 0. The Morgan fingerprint density at radius 1 is 1.12 bits per heavy atom. The molecular weight excluding hydrogens is 326 g/mol. The zero-order valence-corrected chi connectivity index (χ0v) is 15.3. The summed E-state index contributed by atoms with van der Waals surface area (Å²) in [5, 5.41) is 2.88. The van der Waals surface area contributed by atoms with Gasteiger partial charge in [-0.3, -0.25) is 14.6 Å². The molecule has 0 spiro atoms. The molecule has 0 bridgehead atoms. The Bertz CT molecular complexity index is 826. The zero-order chi connectivity index (χ0) is 18.9. The fraction of sp³-hybridized carbons (Fsp3) is 0.190. The number of rotatable bonds is 7. The van der Waals surface area contributed by atoms with E-state index in [4.69, 9.17) is 0 Å². The minimum atomic E-state index is -0.255. The summed E-state index contributed by atoms with van der Waals surface area (Å²) in [6, 6.07) is 16.4. The van der Waals surface area contributed by atoms with Crippen molar-refractivity contribution in [2.45, 2.75) is 13.8 Å². The maximum atomic E-state index is 12.8. The van der Waals surface area contributed by atoms with Crippen LogP contribution in [0.5, 0.6) is 0 Å². The van der Waals surface area contributed by atoms with Gasteiger partial charge in [0.05, 0.1) is 6.34 Å². The SMILES string of the molecule is CCN=CN(C)/C(=C\c1cccc(C(C)=O)c1)C(=O)Nc1ccccc1. The minimum absolute atomic E-state index is 0.0172. The van der Waals surface area contributed by atoms with E-state index < -0.39 is 0 Å². The number of amides is 1. The molecule has 26 heavy (non-hydrogen) atoms. The van der Waals surface area contributed by atoms with Crippen LogP contribution in [0.3, 0.4) is 0 Å². The van der Waals surface area contributed by atoms with Crippen molar-refractivity contribution in [3.05, 3.63) is 71.4 Å². The second kappa shape index (κ2) is 9.32. The van der Waals surface area contributed by atoms with Crippen LogP contribution in [0.4, 0.5) is 5.69 Å². The molecule has 0 aliphatic carbocycles. The number of likely N-dealkylation sites (N-methyl/N-ethyl adjacent to an activating group) is 1. The van der Waals surface area contributed by atoms with Gasteiger partial charge < -0.3 is 10.2 Å². The first kappa shape index (κ1) is 19.1. The van der Waals surface area contributed by atoms with Crippen LogP contribution in [-0.2, 0) is 4.79 Å². The Hall–Kier alpha value is -3.21. The summed E-state index contributed by atoms with van der Waals surface area (Å²) in [4.78, 5) is 30.3. The molecule has 5 heteroatoms.